The maximum atomic E-state index is 11.3. The summed E-state index contributed by atoms with van der Waals surface area (Å²) >= 11 is 0. The molecule has 0 saturated heterocycles. The van der Waals surface area contributed by atoms with Gasteiger partial charge in [-0.3, -0.25) is 0 Å². The van der Waals surface area contributed by atoms with Gasteiger partial charge in [-0.2, -0.15) is 0 Å². The van der Waals surface area contributed by atoms with Crippen molar-refractivity contribution >= 4 is 16.6 Å². The second-order valence-electron chi connectivity index (χ2n) is 6.17. The van der Waals surface area contributed by atoms with E-state index in [9.17, 15) is 4.91 Å². The molecule has 1 aromatic heterocycles. The van der Waals surface area contributed by atoms with Crippen LogP contribution in [0.15, 0.2) is 84.0 Å². The van der Waals surface area contributed by atoms with Gasteiger partial charge in [-0.1, -0.05) is 72.8 Å². The molecule has 122 valence electrons. The zero-order valence-electron chi connectivity index (χ0n) is 13.8. The summed E-state index contributed by atoms with van der Waals surface area (Å²) in [7, 11) is 0. The number of rotatable bonds is 5. The second-order valence-corrected chi connectivity index (χ2v) is 6.17. The predicted octanol–water partition coefficient (Wildman–Crippen LogP) is 6.02. The van der Waals surface area contributed by atoms with Gasteiger partial charge in [0, 0.05) is 16.5 Å². The van der Waals surface area contributed by atoms with Crippen molar-refractivity contribution < 1.29 is 0 Å². The first kappa shape index (κ1) is 15.3. The quantitative estimate of drug-likeness (QED) is 0.448. The van der Waals surface area contributed by atoms with Gasteiger partial charge >= 0.3 is 0 Å². The highest BCUT2D eigenvalue weighted by molar-refractivity contribution is 5.99. The fourth-order valence-electron chi connectivity index (χ4n) is 3.20. The van der Waals surface area contributed by atoms with E-state index < -0.39 is 0 Å². The minimum Gasteiger partial charge on any atom is -0.353 e. The van der Waals surface area contributed by atoms with Gasteiger partial charge in [0.1, 0.15) is 5.69 Å². The molecule has 0 aliphatic rings. The van der Waals surface area contributed by atoms with E-state index in [1.165, 1.54) is 11.1 Å². The normalized spacial score (nSPS) is 10.9. The molecule has 0 amide bonds. The van der Waals surface area contributed by atoms with Gasteiger partial charge < -0.3 is 4.98 Å². The molecule has 25 heavy (non-hydrogen) atoms. The van der Waals surface area contributed by atoms with Crippen molar-refractivity contribution in [2.24, 2.45) is 5.18 Å². The molecule has 3 nitrogen and oxygen atoms in total. The number of aromatic amines is 1. The molecule has 0 spiro atoms. The Bertz CT molecular complexity index is 1000. The van der Waals surface area contributed by atoms with Crippen molar-refractivity contribution in [3.63, 3.8) is 0 Å². The molecule has 3 heteroatoms. The summed E-state index contributed by atoms with van der Waals surface area (Å²) in [5, 5.41) is 4.11. The van der Waals surface area contributed by atoms with E-state index in [-0.39, 0.29) is 0 Å². The summed E-state index contributed by atoms with van der Waals surface area (Å²) in [5.41, 5.74) is 5.80. The largest absolute Gasteiger partial charge is 0.353 e. The molecule has 4 aromatic rings. The van der Waals surface area contributed by atoms with E-state index in [4.69, 9.17) is 0 Å². The van der Waals surface area contributed by atoms with Crippen LogP contribution in [-0.2, 0) is 12.8 Å². The van der Waals surface area contributed by atoms with E-state index in [1.807, 2.05) is 30.3 Å². The number of para-hydroxylation sites is 1. The average molecular weight is 326 g/mol. The van der Waals surface area contributed by atoms with E-state index in [0.717, 1.165) is 35.0 Å². The van der Waals surface area contributed by atoms with E-state index in [2.05, 4.69) is 58.7 Å². The lowest BCUT2D eigenvalue weighted by atomic mass is 10.0. The lowest BCUT2D eigenvalue weighted by Crippen LogP contribution is -1.91. The van der Waals surface area contributed by atoms with Crippen molar-refractivity contribution in [1.29, 1.82) is 0 Å². The van der Waals surface area contributed by atoms with Crippen LogP contribution in [0.4, 0.5) is 5.69 Å². The molecule has 0 aliphatic heterocycles. The maximum Gasteiger partial charge on any atom is 0.141 e. The van der Waals surface area contributed by atoms with Gasteiger partial charge in [0.25, 0.3) is 0 Å². The Morgan fingerprint density at radius 2 is 1.36 bits per heavy atom. The third-order valence-corrected chi connectivity index (χ3v) is 4.56. The molecule has 0 aliphatic carbocycles. The zero-order valence-corrected chi connectivity index (χ0v) is 13.8. The number of nitrogens with zero attached hydrogens (tertiary/aromatic N) is 1. The number of fused-ring (bicyclic) bond motifs is 1. The van der Waals surface area contributed by atoms with Crippen LogP contribution in [0.2, 0.25) is 0 Å². The fraction of sp³-hybridized carbons (Fsp3) is 0.0909. The number of nitrogens with one attached hydrogen (secondary N) is 1. The van der Waals surface area contributed by atoms with Crippen LogP contribution < -0.4 is 0 Å². The Morgan fingerprint density at radius 3 is 2.08 bits per heavy atom. The zero-order chi connectivity index (χ0) is 17.1. The predicted molar refractivity (Wildman–Crippen MR) is 103 cm³/mol. The first-order chi connectivity index (χ1) is 12.3. The van der Waals surface area contributed by atoms with Gasteiger partial charge in [0.15, 0.2) is 0 Å². The van der Waals surface area contributed by atoms with Crippen molar-refractivity contribution in [2.45, 2.75) is 12.8 Å². The van der Waals surface area contributed by atoms with Gasteiger partial charge in [-0.25, -0.2) is 0 Å². The molecular weight excluding hydrogens is 308 g/mol. The topological polar surface area (TPSA) is 45.2 Å². The van der Waals surface area contributed by atoms with Crippen LogP contribution in [-0.4, -0.2) is 4.98 Å². The number of H-pyrrole nitrogens is 1. The van der Waals surface area contributed by atoms with E-state index in [1.54, 1.807) is 0 Å². The average Bonchev–Trinajstić information content (AvgIpc) is 3.06. The first-order valence-electron chi connectivity index (χ1n) is 8.42. The number of aromatic nitrogens is 1. The van der Waals surface area contributed by atoms with Crippen LogP contribution in [0.25, 0.3) is 22.2 Å². The third kappa shape index (κ3) is 3.09. The van der Waals surface area contributed by atoms with Crippen molar-refractivity contribution in [1.82, 2.24) is 4.98 Å². The van der Waals surface area contributed by atoms with Crippen LogP contribution in [0.1, 0.15) is 11.1 Å². The van der Waals surface area contributed by atoms with E-state index >= 15 is 0 Å². The number of nitroso groups, excluding NO2 is 1. The van der Waals surface area contributed by atoms with Gasteiger partial charge in [0.05, 0.1) is 5.69 Å². The summed E-state index contributed by atoms with van der Waals surface area (Å²) in [6, 6.07) is 26.6. The smallest absolute Gasteiger partial charge is 0.141 e. The minimum absolute atomic E-state index is 0.479. The number of benzene rings is 3. The highest BCUT2D eigenvalue weighted by Gasteiger charge is 2.13. The molecule has 0 atom stereocenters. The Morgan fingerprint density at radius 1 is 0.720 bits per heavy atom. The van der Waals surface area contributed by atoms with Gasteiger partial charge in [-0.15, -0.1) is 4.91 Å². The molecule has 1 N–H and O–H groups in total. The molecule has 0 fully saturated rings. The molecule has 0 bridgehead atoms. The summed E-state index contributed by atoms with van der Waals surface area (Å²) < 4.78 is 0. The molecular formula is C22H18N2O. The molecule has 0 saturated carbocycles. The Hall–Kier alpha value is -3.20. The maximum absolute atomic E-state index is 11.3. The first-order valence-corrected chi connectivity index (χ1v) is 8.42. The second kappa shape index (κ2) is 6.73. The van der Waals surface area contributed by atoms with Gasteiger partial charge in [-0.05, 0) is 35.2 Å². The number of aryl methyl sites for hydroxylation is 2. The Labute approximate surface area is 146 Å². The molecule has 1 heterocycles. The van der Waals surface area contributed by atoms with Crippen LogP contribution >= 0.6 is 0 Å². The number of hydrogen-bond acceptors (Lipinski definition) is 2. The van der Waals surface area contributed by atoms with E-state index in [0.29, 0.717) is 5.69 Å². The molecule has 0 unspecified atom stereocenters. The SMILES string of the molecule is O=Nc1c(-c2ccc(CCc3ccccc3)cc2)[nH]c2ccccc12. The monoisotopic (exact) mass is 326 g/mol. The highest BCUT2D eigenvalue weighted by Crippen LogP contribution is 2.36. The van der Waals surface area contributed by atoms with Crippen molar-refractivity contribution in [2.75, 3.05) is 0 Å². The molecule has 4 rings (SSSR count). The summed E-state index contributed by atoms with van der Waals surface area (Å²) in [5.74, 6) is 0. The Kier molecular flexibility index (Phi) is 4.13. The van der Waals surface area contributed by atoms with Crippen molar-refractivity contribution in [3.05, 3.63) is 94.9 Å². The molecule has 3 aromatic carbocycles. The van der Waals surface area contributed by atoms with Crippen molar-refractivity contribution in [3.8, 4) is 11.3 Å². The molecule has 0 radical (unpaired) electrons. The summed E-state index contributed by atoms with van der Waals surface area (Å²) in [6.07, 6.45) is 2.02. The fourth-order valence-corrected chi connectivity index (χ4v) is 3.20. The summed E-state index contributed by atoms with van der Waals surface area (Å²) in [6.45, 7) is 0. The highest BCUT2D eigenvalue weighted by atomic mass is 16.3. The standard InChI is InChI=1S/C22H18N2O/c25-24-22-19-8-4-5-9-20(19)23-21(22)18-14-12-17(13-15-18)11-10-16-6-2-1-3-7-16/h1-9,12-15,23H,10-11H2. The van der Waals surface area contributed by atoms with Crippen LogP contribution in [0.3, 0.4) is 0 Å². The lowest BCUT2D eigenvalue weighted by molar-refractivity contribution is 0.960. The minimum atomic E-state index is 0.479. The van der Waals surface area contributed by atoms with Crippen LogP contribution in [0, 0.1) is 4.91 Å². The van der Waals surface area contributed by atoms with Gasteiger partial charge in [0.2, 0.25) is 0 Å². The lowest BCUT2D eigenvalue weighted by Gasteiger charge is -2.04. The third-order valence-electron chi connectivity index (χ3n) is 4.56. The number of hydrogen-bond donors (Lipinski definition) is 1. The Balaban J connectivity index is 1.59. The summed E-state index contributed by atoms with van der Waals surface area (Å²) in [4.78, 5) is 14.6. The van der Waals surface area contributed by atoms with Crippen LogP contribution in [0.5, 0.6) is 0 Å².